The van der Waals surface area contributed by atoms with Crippen molar-refractivity contribution in [2.75, 3.05) is 19.8 Å². The van der Waals surface area contributed by atoms with Gasteiger partial charge in [0, 0.05) is 32.0 Å². The van der Waals surface area contributed by atoms with Crippen LogP contribution in [0, 0.1) is 19.8 Å². The number of Topliss-reactive ketones (excluding diaryl/α,β-unsaturated/α-hetero) is 1. The standard InChI is InChI=1S/C18H24O3/c1-13-7-14(2)9-15(8-13)10-17(19)16-3-5-21-18(11-16)4-6-20-12-18/h7-9,16H,3-6,10-12H2,1-2H3. The lowest BCUT2D eigenvalue weighted by Crippen LogP contribution is -2.42. The average Bonchev–Trinajstić information content (AvgIpc) is 2.85. The second-order valence-corrected chi connectivity index (χ2v) is 6.66. The van der Waals surface area contributed by atoms with Gasteiger partial charge in [0.15, 0.2) is 0 Å². The van der Waals surface area contributed by atoms with Crippen molar-refractivity contribution in [3.05, 3.63) is 34.9 Å². The van der Waals surface area contributed by atoms with Gasteiger partial charge >= 0.3 is 0 Å². The summed E-state index contributed by atoms with van der Waals surface area (Å²) < 4.78 is 11.4. The molecular formula is C18H24O3. The Labute approximate surface area is 126 Å². The van der Waals surface area contributed by atoms with Crippen molar-refractivity contribution in [2.45, 2.75) is 45.1 Å². The van der Waals surface area contributed by atoms with Gasteiger partial charge in [-0.25, -0.2) is 0 Å². The molecule has 2 aliphatic rings. The first kappa shape index (κ1) is 14.7. The Morgan fingerprint density at radius 3 is 2.67 bits per heavy atom. The second-order valence-electron chi connectivity index (χ2n) is 6.66. The normalized spacial score (nSPS) is 29.0. The number of carbonyl (C=O) groups is 1. The lowest BCUT2D eigenvalue weighted by Gasteiger charge is -2.36. The van der Waals surface area contributed by atoms with Crippen LogP contribution >= 0.6 is 0 Å². The van der Waals surface area contributed by atoms with Crippen molar-refractivity contribution in [1.29, 1.82) is 0 Å². The molecule has 21 heavy (non-hydrogen) atoms. The van der Waals surface area contributed by atoms with Crippen LogP contribution in [0.4, 0.5) is 0 Å². The number of hydrogen-bond donors (Lipinski definition) is 0. The lowest BCUT2D eigenvalue weighted by molar-refractivity contribution is -0.136. The van der Waals surface area contributed by atoms with E-state index in [4.69, 9.17) is 9.47 Å². The minimum atomic E-state index is -0.179. The Hall–Kier alpha value is -1.19. The van der Waals surface area contributed by atoms with Crippen LogP contribution in [0.25, 0.3) is 0 Å². The fraction of sp³-hybridized carbons (Fsp3) is 0.611. The van der Waals surface area contributed by atoms with E-state index in [1.807, 2.05) is 0 Å². The SMILES string of the molecule is Cc1cc(C)cc(CC(=O)C2CCOC3(CCOC3)C2)c1. The van der Waals surface area contributed by atoms with Crippen LogP contribution in [-0.4, -0.2) is 31.2 Å². The largest absolute Gasteiger partial charge is 0.378 e. The average molecular weight is 288 g/mol. The zero-order valence-corrected chi connectivity index (χ0v) is 13.0. The highest BCUT2D eigenvalue weighted by molar-refractivity contribution is 5.83. The van der Waals surface area contributed by atoms with Crippen LogP contribution in [-0.2, 0) is 20.7 Å². The number of hydrogen-bond acceptors (Lipinski definition) is 3. The van der Waals surface area contributed by atoms with Crippen molar-refractivity contribution >= 4 is 5.78 Å². The fourth-order valence-corrected chi connectivity index (χ4v) is 3.68. The molecule has 0 saturated carbocycles. The minimum Gasteiger partial charge on any atom is -0.378 e. The molecule has 2 unspecified atom stereocenters. The van der Waals surface area contributed by atoms with Gasteiger partial charge in [0.2, 0.25) is 0 Å². The van der Waals surface area contributed by atoms with Crippen LogP contribution in [0.2, 0.25) is 0 Å². The van der Waals surface area contributed by atoms with Crippen molar-refractivity contribution in [3.8, 4) is 0 Å². The molecule has 1 aromatic rings. The van der Waals surface area contributed by atoms with E-state index in [2.05, 4.69) is 32.0 Å². The van der Waals surface area contributed by atoms with Gasteiger partial charge in [0.1, 0.15) is 5.78 Å². The summed E-state index contributed by atoms with van der Waals surface area (Å²) in [5.41, 5.74) is 3.41. The van der Waals surface area contributed by atoms with Gasteiger partial charge in [-0.2, -0.15) is 0 Å². The molecule has 1 spiro atoms. The quantitative estimate of drug-likeness (QED) is 0.857. The molecule has 0 bridgehead atoms. The first-order chi connectivity index (χ1) is 10.1. The van der Waals surface area contributed by atoms with Gasteiger partial charge in [0.05, 0.1) is 12.2 Å². The third-order valence-corrected chi connectivity index (χ3v) is 4.68. The van der Waals surface area contributed by atoms with Crippen molar-refractivity contribution in [3.63, 3.8) is 0 Å². The Morgan fingerprint density at radius 2 is 2.00 bits per heavy atom. The number of benzene rings is 1. The summed E-state index contributed by atoms with van der Waals surface area (Å²) in [6, 6.07) is 6.39. The molecule has 2 fully saturated rings. The number of ketones is 1. The van der Waals surface area contributed by atoms with E-state index in [-0.39, 0.29) is 11.5 Å². The van der Waals surface area contributed by atoms with Gasteiger partial charge in [-0.1, -0.05) is 29.3 Å². The van der Waals surface area contributed by atoms with E-state index >= 15 is 0 Å². The zero-order chi connectivity index (χ0) is 14.9. The summed E-state index contributed by atoms with van der Waals surface area (Å²) in [4.78, 5) is 12.6. The Morgan fingerprint density at radius 1 is 1.24 bits per heavy atom. The van der Waals surface area contributed by atoms with E-state index < -0.39 is 0 Å². The first-order valence-electron chi connectivity index (χ1n) is 7.88. The summed E-state index contributed by atoms with van der Waals surface area (Å²) in [5.74, 6) is 0.482. The highest BCUT2D eigenvalue weighted by Crippen LogP contribution is 2.36. The van der Waals surface area contributed by atoms with Crippen LogP contribution in [0.15, 0.2) is 18.2 Å². The first-order valence-corrected chi connectivity index (χ1v) is 7.88. The molecule has 2 aliphatic heterocycles. The fourth-order valence-electron chi connectivity index (χ4n) is 3.68. The van der Waals surface area contributed by atoms with Gasteiger partial charge < -0.3 is 9.47 Å². The topological polar surface area (TPSA) is 35.5 Å². The highest BCUT2D eigenvalue weighted by Gasteiger charge is 2.42. The maximum Gasteiger partial charge on any atom is 0.140 e. The van der Waals surface area contributed by atoms with Crippen molar-refractivity contribution < 1.29 is 14.3 Å². The number of ether oxygens (including phenoxy) is 2. The predicted octanol–water partition coefficient (Wildman–Crippen LogP) is 3.00. The highest BCUT2D eigenvalue weighted by atomic mass is 16.6. The smallest absolute Gasteiger partial charge is 0.140 e. The molecule has 114 valence electrons. The molecule has 0 N–H and O–H groups in total. The van der Waals surface area contributed by atoms with Gasteiger partial charge in [-0.3, -0.25) is 4.79 Å². The van der Waals surface area contributed by atoms with Gasteiger partial charge in [-0.05, 0) is 32.3 Å². The molecule has 0 amide bonds. The van der Waals surface area contributed by atoms with Crippen LogP contribution in [0.5, 0.6) is 0 Å². The Kier molecular flexibility index (Phi) is 4.14. The Balaban J connectivity index is 1.67. The van der Waals surface area contributed by atoms with Crippen LogP contribution < -0.4 is 0 Å². The van der Waals surface area contributed by atoms with E-state index in [1.54, 1.807) is 0 Å². The van der Waals surface area contributed by atoms with E-state index in [0.29, 0.717) is 25.4 Å². The maximum atomic E-state index is 12.6. The third kappa shape index (κ3) is 3.35. The second kappa shape index (κ2) is 5.90. The zero-order valence-electron chi connectivity index (χ0n) is 13.0. The van der Waals surface area contributed by atoms with E-state index in [9.17, 15) is 4.79 Å². The molecule has 0 radical (unpaired) electrons. The molecule has 3 nitrogen and oxygen atoms in total. The van der Waals surface area contributed by atoms with Crippen LogP contribution in [0.1, 0.15) is 36.0 Å². The molecular weight excluding hydrogens is 264 g/mol. The number of carbonyl (C=O) groups excluding carboxylic acids is 1. The molecule has 1 aromatic carbocycles. The monoisotopic (exact) mass is 288 g/mol. The Bertz CT molecular complexity index is 509. The van der Waals surface area contributed by atoms with Crippen molar-refractivity contribution in [2.24, 2.45) is 5.92 Å². The summed E-state index contributed by atoms with van der Waals surface area (Å²) in [6.45, 7) is 6.27. The summed E-state index contributed by atoms with van der Waals surface area (Å²) in [5, 5.41) is 0. The predicted molar refractivity (Wildman–Crippen MR) is 81.5 cm³/mol. The minimum absolute atomic E-state index is 0.126. The molecule has 0 aromatic heterocycles. The van der Waals surface area contributed by atoms with Gasteiger partial charge in [-0.15, -0.1) is 0 Å². The molecule has 3 rings (SSSR count). The van der Waals surface area contributed by atoms with Crippen LogP contribution in [0.3, 0.4) is 0 Å². The molecule has 2 heterocycles. The maximum absolute atomic E-state index is 12.6. The molecule has 0 aliphatic carbocycles. The molecule has 3 heteroatoms. The third-order valence-electron chi connectivity index (χ3n) is 4.68. The summed E-state index contributed by atoms with van der Waals surface area (Å²) >= 11 is 0. The number of aryl methyl sites for hydroxylation is 2. The summed E-state index contributed by atoms with van der Waals surface area (Å²) in [7, 11) is 0. The van der Waals surface area contributed by atoms with E-state index in [0.717, 1.165) is 31.4 Å². The molecule has 2 saturated heterocycles. The van der Waals surface area contributed by atoms with Crippen molar-refractivity contribution in [1.82, 2.24) is 0 Å². The molecule has 2 atom stereocenters. The lowest BCUT2D eigenvalue weighted by atomic mass is 9.81. The number of rotatable bonds is 3. The summed E-state index contributed by atoms with van der Waals surface area (Å²) in [6.07, 6.45) is 3.16. The van der Waals surface area contributed by atoms with E-state index in [1.165, 1.54) is 11.1 Å². The van der Waals surface area contributed by atoms with Gasteiger partial charge in [0.25, 0.3) is 0 Å².